The number of anilines is 2. The summed E-state index contributed by atoms with van der Waals surface area (Å²) in [5.74, 6) is 1.42. The van der Waals surface area contributed by atoms with Gasteiger partial charge in [-0.15, -0.1) is 11.3 Å². The van der Waals surface area contributed by atoms with Crippen LogP contribution in [0.5, 0.6) is 11.5 Å². The average Bonchev–Trinajstić information content (AvgIpc) is 3.52. The van der Waals surface area contributed by atoms with Gasteiger partial charge in [-0.2, -0.15) is 5.10 Å². The van der Waals surface area contributed by atoms with Crippen LogP contribution in [0.4, 0.5) is 11.5 Å². The first kappa shape index (κ1) is 24.3. The molecule has 4 aromatic rings. The number of esters is 1. The second kappa shape index (κ2) is 10.6. The lowest BCUT2D eigenvalue weighted by molar-refractivity contribution is 0.0601. The summed E-state index contributed by atoms with van der Waals surface area (Å²) in [5.41, 5.74) is 4.45. The Morgan fingerprint density at radius 1 is 1.06 bits per heavy atom. The molecule has 2 heterocycles. The van der Waals surface area contributed by atoms with E-state index in [4.69, 9.17) is 24.3 Å². The molecule has 0 unspecified atom stereocenters. The van der Waals surface area contributed by atoms with Gasteiger partial charge in [-0.05, 0) is 43.2 Å². The van der Waals surface area contributed by atoms with E-state index >= 15 is 0 Å². The van der Waals surface area contributed by atoms with Crippen molar-refractivity contribution in [2.45, 2.75) is 26.7 Å². The average molecular weight is 493 g/mol. The minimum atomic E-state index is -0.477. The first-order valence-corrected chi connectivity index (χ1v) is 12.2. The molecule has 0 saturated heterocycles. The molecule has 4 rings (SSSR count). The number of para-hydroxylation sites is 2. The van der Waals surface area contributed by atoms with Gasteiger partial charge in [-0.3, -0.25) is 0 Å². The number of hydrogen-bond acceptors (Lipinski definition) is 8. The zero-order chi connectivity index (χ0) is 24.9. The fraction of sp³-hybridized carbons (Fsp3) is 0.269. The van der Waals surface area contributed by atoms with Gasteiger partial charge < -0.3 is 19.5 Å². The molecule has 0 aliphatic carbocycles. The number of nitrogens with one attached hydrogen (secondary N) is 1. The van der Waals surface area contributed by atoms with Crippen LogP contribution >= 0.6 is 11.3 Å². The number of nitrogens with zero attached hydrogens (tertiary/aromatic N) is 3. The molecule has 2 aromatic heterocycles. The number of rotatable bonds is 9. The molecule has 0 fully saturated rings. The molecule has 0 bridgehead atoms. The van der Waals surface area contributed by atoms with E-state index in [-0.39, 0.29) is 0 Å². The molecule has 2 aromatic carbocycles. The Bertz CT molecular complexity index is 1350. The molecule has 0 aliphatic heterocycles. The molecule has 35 heavy (non-hydrogen) atoms. The van der Waals surface area contributed by atoms with Crippen LogP contribution in [0.15, 0.2) is 47.8 Å². The minimum Gasteiger partial charge on any atom is -0.497 e. The van der Waals surface area contributed by atoms with Crippen molar-refractivity contribution in [1.82, 2.24) is 14.8 Å². The summed E-state index contributed by atoms with van der Waals surface area (Å²) in [5, 5.41) is 11.3. The van der Waals surface area contributed by atoms with Gasteiger partial charge >= 0.3 is 5.97 Å². The Morgan fingerprint density at radius 3 is 2.51 bits per heavy atom. The maximum atomic E-state index is 12.6. The number of methoxy groups -OCH3 is 3. The summed E-state index contributed by atoms with van der Waals surface area (Å²) in [6.45, 7) is 4.14. The van der Waals surface area contributed by atoms with Gasteiger partial charge in [-0.25, -0.2) is 14.5 Å². The number of benzene rings is 2. The normalized spacial score (nSPS) is 10.8. The van der Waals surface area contributed by atoms with Crippen molar-refractivity contribution in [3.05, 3.63) is 64.8 Å². The largest absolute Gasteiger partial charge is 0.497 e. The van der Waals surface area contributed by atoms with E-state index in [1.54, 1.807) is 43.8 Å². The number of carbonyl (C=O) groups is 1. The summed E-state index contributed by atoms with van der Waals surface area (Å²) >= 11 is 1.57. The lowest BCUT2D eigenvalue weighted by Gasteiger charge is -2.16. The van der Waals surface area contributed by atoms with Crippen molar-refractivity contribution < 1.29 is 19.0 Å². The predicted molar refractivity (Wildman–Crippen MR) is 138 cm³/mol. The third-order valence-electron chi connectivity index (χ3n) is 5.62. The highest BCUT2D eigenvalue weighted by molar-refractivity contribution is 7.13. The fourth-order valence-corrected chi connectivity index (χ4v) is 4.75. The third-order valence-corrected chi connectivity index (χ3v) is 6.53. The Kier molecular flexibility index (Phi) is 7.36. The molecular formula is C26H28N4O4S. The molecule has 0 aliphatic rings. The van der Waals surface area contributed by atoms with Crippen molar-refractivity contribution >= 4 is 28.8 Å². The summed E-state index contributed by atoms with van der Waals surface area (Å²) < 4.78 is 17.8. The second-order valence-electron chi connectivity index (χ2n) is 7.63. The van der Waals surface area contributed by atoms with Crippen molar-refractivity contribution in [2.75, 3.05) is 26.6 Å². The van der Waals surface area contributed by atoms with Crippen LogP contribution < -0.4 is 14.8 Å². The number of ether oxygens (including phenoxy) is 3. The zero-order valence-electron chi connectivity index (χ0n) is 20.4. The lowest BCUT2D eigenvalue weighted by Crippen LogP contribution is -2.09. The maximum Gasteiger partial charge on any atom is 0.340 e. The number of carbonyl (C=O) groups excluding carboxylic acids is 1. The molecule has 0 saturated carbocycles. The quantitative estimate of drug-likeness (QED) is 0.301. The van der Waals surface area contributed by atoms with Gasteiger partial charge in [0.15, 0.2) is 0 Å². The van der Waals surface area contributed by atoms with Gasteiger partial charge in [0.25, 0.3) is 0 Å². The first-order valence-electron chi connectivity index (χ1n) is 11.3. The fourth-order valence-electron chi connectivity index (χ4n) is 3.78. The molecule has 0 spiro atoms. The standard InChI is InChI=1S/C26H28N4O4S/c1-6-16-15-35-25(27-16)23-19(7-2)29-30(21-10-8-9-11-22(21)33-4)24(23)28-20-13-12-17(32-3)14-18(20)26(31)34-5/h8-15,28H,6-7H2,1-5H3. The van der Waals surface area contributed by atoms with Crippen LogP contribution in [0.2, 0.25) is 0 Å². The van der Waals surface area contributed by atoms with E-state index in [0.29, 0.717) is 35.0 Å². The molecular weight excluding hydrogens is 464 g/mol. The van der Waals surface area contributed by atoms with Gasteiger partial charge in [-0.1, -0.05) is 26.0 Å². The molecule has 8 nitrogen and oxygen atoms in total. The Labute approximate surface area is 208 Å². The number of hydrogen-bond donors (Lipinski definition) is 1. The van der Waals surface area contributed by atoms with E-state index in [9.17, 15) is 4.79 Å². The van der Waals surface area contributed by atoms with E-state index in [2.05, 4.69) is 24.5 Å². The third kappa shape index (κ3) is 4.72. The highest BCUT2D eigenvalue weighted by Gasteiger charge is 2.25. The van der Waals surface area contributed by atoms with Crippen molar-refractivity contribution in [3.8, 4) is 27.8 Å². The predicted octanol–water partition coefficient (Wildman–Crippen LogP) is 5.67. The SMILES string of the molecule is CCc1csc(-c2c(CC)nn(-c3ccccc3OC)c2Nc2ccc(OC)cc2C(=O)OC)n1. The summed E-state index contributed by atoms with van der Waals surface area (Å²) in [4.78, 5) is 17.5. The minimum absolute atomic E-state index is 0.344. The van der Waals surface area contributed by atoms with Gasteiger partial charge in [0, 0.05) is 5.38 Å². The smallest absolute Gasteiger partial charge is 0.340 e. The maximum absolute atomic E-state index is 12.6. The Balaban J connectivity index is 1.97. The van der Waals surface area contributed by atoms with Crippen LogP contribution in [0, 0.1) is 0 Å². The van der Waals surface area contributed by atoms with E-state index in [0.717, 1.165) is 34.1 Å². The molecule has 1 N–H and O–H groups in total. The molecule has 9 heteroatoms. The second-order valence-corrected chi connectivity index (χ2v) is 8.49. The van der Waals surface area contributed by atoms with Crippen molar-refractivity contribution in [3.63, 3.8) is 0 Å². The molecule has 182 valence electrons. The van der Waals surface area contributed by atoms with E-state index in [1.165, 1.54) is 7.11 Å². The summed E-state index contributed by atoms with van der Waals surface area (Å²) in [7, 11) is 4.54. The molecule has 0 amide bonds. The first-order chi connectivity index (χ1) is 17.0. The van der Waals surface area contributed by atoms with E-state index < -0.39 is 5.97 Å². The van der Waals surface area contributed by atoms with Gasteiger partial charge in [0.1, 0.15) is 28.0 Å². The van der Waals surface area contributed by atoms with Crippen LogP contribution in [-0.2, 0) is 17.6 Å². The zero-order valence-corrected chi connectivity index (χ0v) is 21.2. The van der Waals surface area contributed by atoms with Gasteiger partial charge in [0.2, 0.25) is 0 Å². The summed E-state index contributed by atoms with van der Waals surface area (Å²) in [6.07, 6.45) is 1.53. The van der Waals surface area contributed by atoms with E-state index in [1.807, 2.05) is 28.9 Å². The van der Waals surface area contributed by atoms with Crippen LogP contribution in [0.25, 0.3) is 16.3 Å². The Morgan fingerprint density at radius 2 is 1.86 bits per heavy atom. The van der Waals surface area contributed by atoms with Crippen molar-refractivity contribution in [2.24, 2.45) is 0 Å². The molecule has 0 radical (unpaired) electrons. The topological polar surface area (TPSA) is 87.5 Å². The summed E-state index contributed by atoms with van der Waals surface area (Å²) in [6, 6.07) is 12.9. The van der Waals surface area contributed by atoms with Crippen LogP contribution in [0.1, 0.15) is 35.6 Å². The number of aromatic nitrogens is 3. The lowest BCUT2D eigenvalue weighted by atomic mass is 10.1. The number of thiazole rings is 1. The Hall–Kier alpha value is -3.85. The van der Waals surface area contributed by atoms with Crippen molar-refractivity contribution in [1.29, 1.82) is 0 Å². The highest BCUT2D eigenvalue weighted by atomic mass is 32.1. The number of aryl methyl sites for hydroxylation is 2. The van der Waals surface area contributed by atoms with Gasteiger partial charge in [0.05, 0.1) is 49.5 Å². The molecule has 0 atom stereocenters. The van der Waals surface area contributed by atoms with Crippen LogP contribution in [-0.4, -0.2) is 42.1 Å². The highest BCUT2D eigenvalue weighted by Crippen LogP contribution is 2.40. The van der Waals surface area contributed by atoms with Crippen LogP contribution in [0.3, 0.4) is 0 Å². The monoisotopic (exact) mass is 492 g/mol.